The Morgan fingerprint density at radius 1 is 1.50 bits per heavy atom. The summed E-state index contributed by atoms with van der Waals surface area (Å²) in [6.45, 7) is 5.44. The molecule has 0 fully saturated rings. The topological polar surface area (TPSA) is 40.5 Å². The molecule has 1 rings (SSSR count). The van der Waals surface area contributed by atoms with Gasteiger partial charge in [0, 0.05) is 6.42 Å². The molecule has 0 saturated carbocycles. The number of hydrogen-bond acceptors (Lipinski definition) is 2. The van der Waals surface area contributed by atoms with Crippen LogP contribution in [-0.2, 0) is 0 Å². The lowest BCUT2D eigenvalue weighted by Gasteiger charge is -2.19. The highest BCUT2D eigenvalue weighted by molar-refractivity contribution is 5.30. The lowest BCUT2D eigenvalue weighted by molar-refractivity contribution is 0.164. The van der Waals surface area contributed by atoms with Crippen LogP contribution < -0.4 is 0 Å². The molecule has 0 aromatic heterocycles. The third kappa shape index (κ3) is 1.21. The van der Waals surface area contributed by atoms with Gasteiger partial charge in [-0.1, -0.05) is 6.58 Å². The highest BCUT2D eigenvalue weighted by Crippen LogP contribution is 2.26. The summed E-state index contributed by atoms with van der Waals surface area (Å²) >= 11 is 0. The lowest BCUT2D eigenvalue weighted by atomic mass is 9.93. The average Bonchev–Trinajstić information content (AvgIpc) is 1.82. The molecule has 56 valence electrons. The molecule has 0 saturated heterocycles. The zero-order valence-corrected chi connectivity index (χ0v) is 6.09. The van der Waals surface area contributed by atoms with Gasteiger partial charge in [0.05, 0.1) is 6.10 Å². The molecule has 0 aliphatic heterocycles. The van der Waals surface area contributed by atoms with Gasteiger partial charge < -0.3 is 10.2 Å². The Morgan fingerprint density at radius 3 is 2.60 bits per heavy atom. The summed E-state index contributed by atoms with van der Waals surface area (Å²) in [4.78, 5) is 0. The van der Waals surface area contributed by atoms with Crippen LogP contribution in [0.3, 0.4) is 0 Å². The highest BCUT2D eigenvalue weighted by atomic mass is 16.3. The van der Waals surface area contributed by atoms with E-state index < -0.39 is 0 Å². The van der Waals surface area contributed by atoms with E-state index in [1.807, 2.05) is 6.92 Å². The van der Waals surface area contributed by atoms with Crippen LogP contribution in [0.5, 0.6) is 0 Å². The first-order valence-corrected chi connectivity index (χ1v) is 3.36. The number of rotatable bonds is 0. The molecule has 1 atom stereocenters. The molecule has 2 heteroatoms. The van der Waals surface area contributed by atoms with E-state index in [4.69, 9.17) is 5.11 Å². The Morgan fingerprint density at radius 2 is 2.10 bits per heavy atom. The first kappa shape index (κ1) is 7.35. The molecule has 2 nitrogen and oxygen atoms in total. The van der Waals surface area contributed by atoms with E-state index in [2.05, 4.69) is 6.58 Å². The Labute approximate surface area is 60.5 Å². The van der Waals surface area contributed by atoms with E-state index in [0.717, 1.165) is 5.57 Å². The molecule has 1 aliphatic carbocycles. The van der Waals surface area contributed by atoms with Crippen molar-refractivity contribution in [2.45, 2.75) is 25.9 Å². The number of aliphatic hydroxyl groups excluding tert-OH is 2. The van der Waals surface area contributed by atoms with Crippen LogP contribution in [0.4, 0.5) is 0 Å². The zero-order chi connectivity index (χ0) is 7.72. The normalized spacial score (nSPS) is 27.4. The first-order chi connectivity index (χ1) is 4.61. The molecule has 0 aromatic rings. The first-order valence-electron chi connectivity index (χ1n) is 3.36. The van der Waals surface area contributed by atoms with Crippen LogP contribution in [0.2, 0.25) is 0 Å². The van der Waals surface area contributed by atoms with Crippen LogP contribution in [0.1, 0.15) is 19.8 Å². The van der Waals surface area contributed by atoms with Gasteiger partial charge in [-0.15, -0.1) is 0 Å². The van der Waals surface area contributed by atoms with Crippen molar-refractivity contribution >= 4 is 0 Å². The minimum Gasteiger partial charge on any atom is -0.508 e. The molecule has 1 unspecified atom stereocenters. The largest absolute Gasteiger partial charge is 0.508 e. The molecule has 2 N–H and O–H groups in total. The number of aliphatic hydroxyl groups is 2. The van der Waals surface area contributed by atoms with E-state index >= 15 is 0 Å². The maximum Gasteiger partial charge on any atom is 0.117 e. The summed E-state index contributed by atoms with van der Waals surface area (Å²) in [5.41, 5.74) is 1.49. The van der Waals surface area contributed by atoms with Crippen molar-refractivity contribution in [2.24, 2.45) is 0 Å². The van der Waals surface area contributed by atoms with Crippen molar-refractivity contribution in [3.05, 3.63) is 23.5 Å². The molecule has 0 heterocycles. The van der Waals surface area contributed by atoms with Crippen LogP contribution in [0.15, 0.2) is 23.5 Å². The van der Waals surface area contributed by atoms with Gasteiger partial charge in [-0.2, -0.15) is 0 Å². The van der Waals surface area contributed by atoms with Crippen LogP contribution in [0.25, 0.3) is 0 Å². The molecule has 0 radical (unpaired) electrons. The molecule has 10 heavy (non-hydrogen) atoms. The second-order valence-corrected chi connectivity index (χ2v) is 2.79. The van der Waals surface area contributed by atoms with Gasteiger partial charge >= 0.3 is 0 Å². The van der Waals surface area contributed by atoms with Gasteiger partial charge in [-0.3, -0.25) is 0 Å². The summed E-state index contributed by atoms with van der Waals surface area (Å²) in [7, 11) is 0. The minimum absolute atomic E-state index is 0.283. The van der Waals surface area contributed by atoms with Crippen LogP contribution >= 0.6 is 0 Å². The van der Waals surface area contributed by atoms with Gasteiger partial charge in [-0.05, 0) is 24.5 Å². The summed E-state index contributed by atoms with van der Waals surface area (Å²) in [5, 5.41) is 18.4. The quantitative estimate of drug-likeness (QED) is 0.535. The lowest BCUT2D eigenvalue weighted by Crippen LogP contribution is -2.15. The smallest absolute Gasteiger partial charge is 0.117 e. The molecule has 0 spiro atoms. The fourth-order valence-corrected chi connectivity index (χ4v) is 1.21. The Hall–Kier alpha value is -0.760. The fourth-order valence-electron chi connectivity index (χ4n) is 1.21. The van der Waals surface area contributed by atoms with Gasteiger partial charge in [-0.25, -0.2) is 0 Å². The van der Waals surface area contributed by atoms with E-state index in [1.165, 1.54) is 0 Å². The molecule has 1 aliphatic rings. The Balaban J connectivity index is 2.85. The second kappa shape index (κ2) is 2.46. The number of hydrogen-bond donors (Lipinski definition) is 2. The van der Waals surface area contributed by atoms with Crippen molar-refractivity contribution in [3.63, 3.8) is 0 Å². The van der Waals surface area contributed by atoms with Crippen molar-refractivity contribution in [2.75, 3.05) is 0 Å². The molecule has 0 aromatic carbocycles. The maximum absolute atomic E-state index is 9.23. The predicted octanol–water partition coefficient (Wildman–Crippen LogP) is 1.53. The van der Waals surface area contributed by atoms with Gasteiger partial charge in [0.1, 0.15) is 5.76 Å². The van der Waals surface area contributed by atoms with E-state index in [9.17, 15) is 5.11 Å². The SMILES string of the molecule is C=C1CC(O)CC(C)=C1O. The second-order valence-electron chi connectivity index (χ2n) is 2.79. The summed E-state index contributed by atoms with van der Waals surface area (Å²) in [5.74, 6) is 0.283. The van der Waals surface area contributed by atoms with Crippen molar-refractivity contribution in [1.29, 1.82) is 0 Å². The van der Waals surface area contributed by atoms with Crippen molar-refractivity contribution in [1.82, 2.24) is 0 Å². The van der Waals surface area contributed by atoms with Gasteiger partial charge in [0.2, 0.25) is 0 Å². The predicted molar refractivity (Wildman–Crippen MR) is 39.7 cm³/mol. The van der Waals surface area contributed by atoms with Gasteiger partial charge in [0.25, 0.3) is 0 Å². The highest BCUT2D eigenvalue weighted by Gasteiger charge is 2.18. The standard InChI is InChI=1S/C8H12O2/c1-5-3-7(9)4-6(2)8(5)10/h7,9-10H,1,3-4H2,2H3. The summed E-state index contributed by atoms with van der Waals surface area (Å²) in [6, 6.07) is 0. The Bertz CT molecular complexity index is 191. The summed E-state index contributed by atoms with van der Waals surface area (Å²) in [6.07, 6.45) is 0.733. The average molecular weight is 140 g/mol. The monoisotopic (exact) mass is 140 g/mol. The van der Waals surface area contributed by atoms with Crippen LogP contribution in [-0.4, -0.2) is 16.3 Å². The maximum atomic E-state index is 9.23. The molecular formula is C8H12O2. The van der Waals surface area contributed by atoms with E-state index in [-0.39, 0.29) is 11.9 Å². The van der Waals surface area contributed by atoms with E-state index in [1.54, 1.807) is 0 Å². The molecular weight excluding hydrogens is 128 g/mol. The zero-order valence-electron chi connectivity index (χ0n) is 6.09. The van der Waals surface area contributed by atoms with Crippen LogP contribution in [0, 0.1) is 0 Å². The van der Waals surface area contributed by atoms with Crippen molar-refractivity contribution < 1.29 is 10.2 Å². The minimum atomic E-state index is -0.344. The molecule has 0 amide bonds. The van der Waals surface area contributed by atoms with Crippen molar-refractivity contribution in [3.8, 4) is 0 Å². The van der Waals surface area contributed by atoms with Gasteiger partial charge in [0.15, 0.2) is 0 Å². The third-order valence-electron chi connectivity index (χ3n) is 1.76. The number of allylic oxidation sites excluding steroid dienone is 1. The Kier molecular flexibility index (Phi) is 1.81. The summed E-state index contributed by atoms with van der Waals surface area (Å²) < 4.78 is 0. The van der Waals surface area contributed by atoms with E-state index in [0.29, 0.717) is 18.4 Å². The third-order valence-corrected chi connectivity index (χ3v) is 1.76. The fraction of sp³-hybridized carbons (Fsp3) is 0.500. The molecule has 0 bridgehead atoms.